The van der Waals surface area contributed by atoms with Crippen LogP contribution in [0.25, 0.3) is 10.9 Å². The Hall–Kier alpha value is -1.99. The molecule has 1 aromatic heterocycles. The summed E-state index contributed by atoms with van der Waals surface area (Å²) in [6, 6.07) is 8.87. The first-order chi connectivity index (χ1) is 12.3. The highest BCUT2D eigenvalue weighted by Crippen LogP contribution is 2.48. The third-order valence-corrected chi connectivity index (χ3v) is 7.90. The number of aryl methyl sites for hydroxylation is 1. The predicted octanol–water partition coefficient (Wildman–Crippen LogP) is 2.95. The quantitative estimate of drug-likeness (QED) is 0.892. The van der Waals surface area contributed by atoms with Crippen molar-refractivity contribution in [2.75, 3.05) is 6.54 Å². The van der Waals surface area contributed by atoms with Gasteiger partial charge in [-0.2, -0.15) is 4.31 Å². The van der Waals surface area contributed by atoms with Crippen LogP contribution in [0.3, 0.4) is 0 Å². The number of carboxylic acid groups (broad SMARTS) is 1. The molecule has 0 radical (unpaired) electrons. The molecular formula is C19H22N2O4S. The normalized spacial score (nSPS) is 23.0. The van der Waals surface area contributed by atoms with Gasteiger partial charge in [0.1, 0.15) is 4.90 Å². The molecule has 1 spiro atoms. The second-order valence-corrected chi connectivity index (χ2v) is 9.30. The van der Waals surface area contributed by atoms with Gasteiger partial charge in [-0.25, -0.2) is 8.42 Å². The van der Waals surface area contributed by atoms with Crippen molar-refractivity contribution in [3.8, 4) is 0 Å². The summed E-state index contributed by atoms with van der Waals surface area (Å²) in [5, 5.41) is 10.2. The van der Waals surface area contributed by atoms with Gasteiger partial charge in [0.25, 0.3) is 0 Å². The van der Waals surface area contributed by atoms with Gasteiger partial charge in [0, 0.05) is 23.2 Å². The molecule has 2 aromatic rings. The van der Waals surface area contributed by atoms with Crippen LogP contribution in [0.4, 0.5) is 0 Å². The standard InChI is InChI=1S/C19H22N2O4S/c1-13-6-7-14-4-2-5-16(17(14)20-13)26(24,25)21-12-15(18(22)23)8-11-19(21)9-3-10-19/h2,4-7,15H,3,8-12H2,1H3,(H,22,23). The van der Waals surface area contributed by atoms with E-state index in [0.717, 1.165) is 30.3 Å². The molecule has 138 valence electrons. The van der Waals surface area contributed by atoms with Gasteiger partial charge in [0.05, 0.1) is 11.4 Å². The first-order valence-corrected chi connectivity index (χ1v) is 10.4. The summed E-state index contributed by atoms with van der Waals surface area (Å²) in [7, 11) is -3.83. The van der Waals surface area contributed by atoms with Crippen LogP contribution >= 0.6 is 0 Å². The van der Waals surface area contributed by atoms with E-state index < -0.39 is 27.4 Å². The van der Waals surface area contributed by atoms with Gasteiger partial charge in [0.2, 0.25) is 10.0 Å². The molecule has 1 saturated carbocycles. The van der Waals surface area contributed by atoms with Crippen LogP contribution < -0.4 is 0 Å². The molecule has 1 aliphatic carbocycles. The highest BCUT2D eigenvalue weighted by atomic mass is 32.2. The average molecular weight is 374 g/mol. The zero-order valence-electron chi connectivity index (χ0n) is 14.7. The van der Waals surface area contributed by atoms with Crippen molar-refractivity contribution < 1.29 is 18.3 Å². The molecule has 6 nitrogen and oxygen atoms in total. The number of aliphatic carboxylic acids is 1. The predicted molar refractivity (Wildman–Crippen MR) is 97.3 cm³/mol. The van der Waals surface area contributed by atoms with Gasteiger partial charge >= 0.3 is 5.97 Å². The first-order valence-electron chi connectivity index (χ1n) is 8.96. The van der Waals surface area contributed by atoms with Crippen molar-refractivity contribution in [1.82, 2.24) is 9.29 Å². The molecule has 4 rings (SSSR count). The molecule has 1 aliphatic heterocycles. The Morgan fingerprint density at radius 2 is 2.00 bits per heavy atom. The monoisotopic (exact) mass is 374 g/mol. The van der Waals surface area contributed by atoms with Crippen LogP contribution in [0.15, 0.2) is 35.2 Å². The van der Waals surface area contributed by atoms with E-state index in [4.69, 9.17) is 0 Å². The minimum absolute atomic E-state index is 0.0415. The lowest BCUT2D eigenvalue weighted by Gasteiger charge is -2.53. The Labute approximate surface area is 152 Å². The molecule has 0 amide bonds. The molecule has 1 atom stereocenters. The number of aromatic nitrogens is 1. The fraction of sp³-hybridized carbons (Fsp3) is 0.474. The van der Waals surface area contributed by atoms with E-state index in [1.54, 1.807) is 12.1 Å². The van der Waals surface area contributed by atoms with Crippen molar-refractivity contribution in [2.24, 2.45) is 5.92 Å². The molecule has 2 fully saturated rings. The zero-order valence-corrected chi connectivity index (χ0v) is 15.5. The second kappa shape index (κ2) is 6.03. The first kappa shape index (κ1) is 17.4. The lowest BCUT2D eigenvalue weighted by atomic mass is 9.70. The van der Waals surface area contributed by atoms with E-state index in [-0.39, 0.29) is 11.4 Å². The van der Waals surface area contributed by atoms with Gasteiger partial charge in [-0.3, -0.25) is 9.78 Å². The number of hydrogen-bond donors (Lipinski definition) is 1. The van der Waals surface area contributed by atoms with Crippen LogP contribution in [0.5, 0.6) is 0 Å². The maximum absolute atomic E-state index is 13.6. The maximum atomic E-state index is 13.6. The number of pyridine rings is 1. The highest BCUT2D eigenvalue weighted by molar-refractivity contribution is 7.89. The van der Waals surface area contributed by atoms with Gasteiger partial charge in [-0.05, 0) is 51.2 Å². The summed E-state index contributed by atoms with van der Waals surface area (Å²) in [4.78, 5) is 16.1. The molecule has 1 N–H and O–H groups in total. The van der Waals surface area contributed by atoms with Crippen molar-refractivity contribution in [3.63, 3.8) is 0 Å². The molecule has 1 saturated heterocycles. The lowest BCUT2D eigenvalue weighted by molar-refractivity contribution is -0.144. The average Bonchev–Trinajstić information content (AvgIpc) is 2.59. The largest absolute Gasteiger partial charge is 0.481 e. The second-order valence-electron chi connectivity index (χ2n) is 7.47. The number of benzene rings is 1. The third kappa shape index (κ3) is 2.61. The summed E-state index contributed by atoms with van der Waals surface area (Å²) < 4.78 is 28.6. The zero-order chi connectivity index (χ0) is 18.5. The van der Waals surface area contributed by atoms with Crippen LogP contribution in [0.1, 0.15) is 37.8 Å². The van der Waals surface area contributed by atoms with E-state index in [0.29, 0.717) is 18.4 Å². The molecule has 7 heteroatoms. The van der Waals surface area contributed by atoms with E-state index >= 15 is 0 Å². The number of nitrogens with zero attached hydrogens (tertiary/aromatic N) is 2. The highest BCUT2D eigenvalue weighted by Gasteiger charge is 2.52. The third-order valence-electron chi connectivity index (χ3n) is 5.90. The van der Waals surface area contributed by atoms with E-state index in [2.05, 4.69) is 4.98 Å². The van der Waals surface area contributed by atoms with Crippen LogP contribution in [-0.2, 0) is 14.8 Å². The van der Waals surface area contributed by atoms with Crippen LogP contribution in [0.2, 0.25) is 0 Å². The van der Waals surface area contributed by atoms with Crippen molar-refractivity contribution >= 4 is 26.9 Å². The SMILES string of the molecule is Cc1ccc2cccc(S(=O)(=O)N3CC(C(=O)O)CCC34CCC4)c2n1. The smallest absolute Gasteiger partial charge is 0.307 e. The van der Waals surface area contributed by atoms with Gasteiger partial charge < -0.3 is 5.11 Å². The summed E-state index contributed by atoms with van der Waals surface area (Å²) in [5.74, 6) is -1.58. The molecule has 1 aromatic carbocycles. The molecule has 26 heavy (non-hydrogen) atoms. The van der Waals surface area contributed by atoms with E-state index in [1.165, 1.54) is 4.31 Å². The summed E-state index contributed by atoms with van der Waals surface area (Å²) >= 11 is 0. The van der Waals surface area contributed by atoms with Crippen molar-refractivity contribution in [3.05, 3.63) is 36.0 Å². The summed E-state index contributed by atoms with van der Waals surface area (Å²) in [5.41, 5.74) is 0.788. The number of hydrogen-bond acceptors (Lipinski definition) is 4. The van der Waals surface area contributed by atoms with Crippen molar-refractivity contribution in [2.45, 2.75) is 49.5 Å². The molecular weight excluding hydrogens is 352 g/mol. The van der Waals surface area contributed by atoms with E-state index in [1.807, 2.05) is 25.1 Å². The topological polar surface area (TPSA) is 87.6 Å². The number of para-hydroxylation sites is 1. The number of piperidine rings is 1. The Bertz CT molecular complexity index is 982. The fourth-order valence-electron chi connectivity index (χ4n) is 4.24. The molecule has 0 bridgehead atoms. The Kier molecular flexibility index (Phi) is 4.04. The lowest BCUT2D eigenvalue weighted by Crippen LogP contribution is -2.60. The summed E-state index contributed by atoms with van der Waals surface area (Å²) in [6.45, 7) is 1.87. The molecule has 1 unspecified atom stereocenters. The van der Waals surface area contributed by atoms with Gasteiger partial charge in [-0.1, -0.05) is 18.2 Å². The number of sulfonamides is 1. The Morgan fingerprint density at radius 1 is 1.23 bits per heavy atom. The summed E-state index contributed by atoms with van der Waals surface area (Å²) in [6.07, 6.45) is 3.73. The van der Waals surface area contributed by atoms with Crippen molar-refractivity contribution in [1.29, 1.82) is 0 Å². The Morgan fingerprint density at radius 3 is 2.65 bits per heavy atom. The molecule has 2 aliphatic rings. The fourth-order valence-corrected chi connectivity index (χ4v) is 6.29. The minimum Gasteiger partial charge on any atom is -0.481 e. The molecule has 2 heterocycles. The van der Waals surface area contributed by atoms with Crippen LogP contribution in [0, 0.1) is 12.8 Å². The minimum atomic E-state index is -3.83. The number of carboxylic acids is 1. The van der Waals surface area contributed by atoms with Crippen LogP contribution in [-0.4, -0.2) is 40.9 Å². The van der Waals surface area contributed by atoms with Gasteiger partial charge in [-0.15, -0.1) is 0 Å². The number of rotatable bonds is 3. The van der Waals surface area contributed by atoms with E-state index in [9.17, 15) is 18.3 Å². The van der Waals surface area contributed by atoms with Gasteiger partial charge in [0.15, 0.2) is 0 Å². The maximum Gasteiger partial charge on any atom is 0.307 e. The Balaban J connectivity index is 1.84. The number of fused-ring (bicyclic) bond motifs is 1. The number of carbonyl (C=O) groups is 1.